The molecule has 0 aromatic heterocycles. The monoisotopic (exact) mass is 312 g/mol. The van der Waals surface area contributed by atoms with Gasteiger partial charge in [-0.3, -0.25) is 0 Å². The Hall–Kier alpha value is -1.42. The van der Waals surface area contributed by atoms with Gasteiger partial charge in [0.05, 0.1) is 0 Å². The van der Waals surface area contributed by atoms with E-state index in [4.69, 9.17) is 3.63 Å². The second-order valence-corrected chi connectivity index (χ2v) is 8.45. The Bertz CT molecular complexity index is 659. The highest BCUT2D eigenvalue weighted by Crippen LogP contribution is 2.33. The van der Waals surface area contributed by atoms with Crippen molar-refractivity contribution in [1.82, 2.24) is 0 Å². The second-order valence-electron chi connectivity index (χ2n) is 4.97. The maximum Gasteiger partial charge on any atom is 0.250 e. The molecular formula is C18H16OS2+2. The Labute approximate surface area is 131 Å². The van der Waals surface area contributed by atoms with E-state index in [9.17, 15) is 0 Å². The molecule has 2 aromatic rings. The van der Waals surface area contributed by atoms with Crippen LogP contribution >= 0.6 is 0 Å². The van der Waals surface area contributed by atoms with Gasteiger partial charge >= 0.3 is 0 Å². The van der Waals surface area contributed by atoms with E-state index in [1.165, 1.54) is 20.9 Å². The zero-order valence-corrected chi connectivity index (χ0v) is 13.2. The van der Waals surface area contributed by atoms with Crippen LogP contribution < -0.4 is 0 Å². The molecule has 0 aliphatic carbocycles. The lowest BCUT2D eigenvalue weighted by molar-refractivity contribution is 0.709. The van der Waals surface area contributed by atoms with E-state index in [2.05, 4.69) is 72.8 Å². The third kappa shape index (κ3) is 2.57. The molecule has 2 aliphatic heterocycles. The molecule has 0 radical (unpaired) electrons. The molecular weight excluding hydrogens is 296 g/mol. The molecule has 2 atom stereocenters. The van der Waals surface area contributed by atoms with Crippen LogP contribution in [0.5, 0.6) is 0 Å². The van der Waals surface area contributed by atoms with E-state index in [1.54, 1.807) is 0 Å². The van der Waals surface area contributed by atoms with Gasteiger partial charge in [-0.2, -0.15) is 0 Å². The first kappa shape index (κ1) is 13.3. The van der Waals surface area contributed by atoms with Gasteiger partial charge in [0, 0.05) is 14.8 Å². The van der Waals surface area contributed by atoms with Crippen LogP contribution in [0, 0.1) is 0 Å². The summed E-state index contributed by atoms with van der Waals surface area (Å²) in [7, 11) is 0. The quantitative estimate of drug-likeness (QED) is 0.754. The fourth-order valence-corrected chi connectivity index (χ4v) is 6.57. The van der Waals surface area contributed by atoms with Gasteiger partial charge in [-0.15, -0.1) is 0 Å². The van der Waals surface area contributed by atoms with E-state index in [1.807, 2.05) is 0 Å². The van der Waals surface area contributed by atoms with Crippen molar-refractivity contribution in [2.24, 2.45) is 0 Å². The van der Waals surface area contributed by atoms with Gasteiger partial charge in [0.2, 0.25) is 9.79 Å². The van der Waals surface area contributed by atoms with Crippen LogP contribution in [0.25, 0.3) is 12.2 Å². The smallest absolute Gasteiger partial charge is 0.0613 e. The summed E-state index contributed by atoms with van der Waals surface area (Å²) >= 11 is -0.266. The van der Waals surface area contributed by atoms with E-state index >= 15 is 0 Å². The van der Waals surface area contributed by atoms with Gasteiger partial charge in [0.15, 0.2) is 11.5 Å². The molecule has 0 N–H and O–H groups in total. The number of benzene rings is 2. The van der Waals surface area contributed by atoms with Crippen molar-refractivity contribution in [3.63, 3.8) is 0 Å². The molecule has 0 saturated carbocycles. The van der Waals surface area contributed by atoms with Gasteiger partial charge in [-0.05, 0) is 48.6 Å². The molecule has 1 nitrogen and oxygen atoms in total. The largest absolute Gasteiger partial charge is 0.250 e. The summed E-state index contributed by atoms with van der Waals surface area (Å²) in [4.78, 5) is 2.69. The van der Waals surface area contributed by atoms with Crippen LogP contribution in [0.2, 0.25) is 0 Å². The minimum Gasteiger partial charge on any atom is -0.0613 e. The molecule has 4 rings (SSSR count). The van der Waals surface area contributed by atoms with Crippen molar-refractivity contribution in [1.29, 1.82) is 0 Å². The lowest BCUT2D eigenvalue weighted by Gasteiger charge is -2.12. The van der Waals surface area contributed by atoms with Crippen LogP contribution in [0.15, 0.2) is 70.5 Å². The highest BCUT2D eigenvalue weighted by atomic mass is 32.3. The average Bonchev–Trinajstić information content (AvgIpc) is 2.56. The fraction of sp³-hybridized carbons (Fsp3) is 0.111. The predicted octanol–water partition coefficient (Wildman–Crippen LogP) is 4.24. The number of hydrogen-bond acceptors (Lipinski definition) is 1. The minimum absolute atomic E-state index is 0.133. The highest BCUT2D eigenvalue weighted by molar-refractivity contribution is 8.05. The number of fused-ring (bicyclic) bond motifs is 2. The Morgan fingerprint density at radius 2 is 1.14 bits per heavy atom. The maximum absolute atomic E-state index is 6.54. The average molecular weight is 312 g/mol. The van der Waals surface area contributed by atoms with Crippen LogP contribution in [0.4, 0.5) is 0 Å². The number of hydrogen-bond donors (Lipinski definition) is 0. The molecule has 0 fully saturated rings. The first-order valence-electron chi connectivity index (χ1n) is 7.03. The van der Waals surface area contributed by atoms with Gasteiger partial charge in [-0.25, -0.2) is 0 Å². The molecule has 2 aliphatic rings. The zero-order valence-electron chi connectivity index (χ0n) is 11.6. The van der Waals surface area contributed by atoms with Crippen LogP contribution in [0.1, 0.15) is 11.1 Å². The predicted molar refractivity (Wildman–Crippen MR) is 93.0 cm³/mol. The molecule has 21 heavy (non-hydrogen) atoms. The van der Waals surface area contributed by atoms with Gasteiger partial charge in [0.25, 0.3) is 22.4 Å². The molecule has 104 valence electrons. The summed E-state index contributed by atoms with van der Waals surface area (Å²) in [5, 5.41) is 0. The summed E-state index contributed by atoms with van der Waals surface area (Å²) in [5.41, 5.74) is 2.60. The van der Waals surface area contributed by atoms with Gasteiger partial charge < -0.3 is 0 Å². The van der Waals surface area contributed by atoms with Crippen molar-refractivity contribution in [2.45, 2.75) is 9.79 Å². The first-order valence-corrected chi connectivity index (χ1v) is 9.67. The molecule has 0 amide bonds. The molecule has 3 heteroatoms. The highest BCUT2D eigenvalue weighted by Gasteiger charge is 2.42. The lowest BCUT2D eigenvalue weighted by Crippen LogP contribution is -2.23. The van der Waals surface area contributed by atoms with E-state index < -0.39 is 0 Å². The molecule has 2 heterocycles. The third-order valence-electron chi connectivity index (χ3n) is 3.58. The Kier molecular flexibility index (Phi) is 3.63. The topological polar surface area (TPSA) is 9.23 Å². The molecule has 0 bridgehead atoms. The molecule has 0 saturated heterocycles. The van der Waals surface area contributed by atoms with Crippen molar-refractivity contribution >= 4 is 34.5 Å². The zero-order chi connectivity index (χ0) is 14.1. The summed E-state index contributed by atoms with van der Waals surface area (Å²) in [5.74, 6) is 1.98. The minimum atomic E-state index is -0.133. The molecule has 2 unspecified atom stereocenters. The van der Waals surface area contributed by atoms with E-state index in [-0.39, 0.29) is 22.4 Å². The van der Waals surface area contributed by atoms with Crippen molar-refractivity contribution in [3.05, 3.63) is 71.8 Å². The van der Waals surface area contributed by atoms with Crippen molar-refractivity contribution in [2.75, 3.05) is 11.5 Å². The summed E-state index contributed by atoms with van der Waals surface area (Å²) in [6, 6.07) is 17.2. The SMILES string of the molecule is C1=Cc2ccccc2[S+](O[S+]2CC=Cc3ccccc32)C1. The second kappa shape index (κ2) is 5.76. The Morgan fingerprint density at radius 1 is 0.667 bits per heavy atom. The number of rotatable bonds is 2. The third-order valence-corrected chi connectivity index (χ3v) is 7.61. The van der Waals surface area contributed by atoms with E-state index in [0.29, 0.717) is 0 Å². The van der Waals surface area contributed by atoms with E-state index in [0.717, 1.165) is 11.5 Å². The Balaban J connectivity index is 1.63. The molecule has 2 aromatic carbocycles. The normalized spacial score (nSPS) is 22.7. The standard InChI is InChI=1S/C18H16OS2/c1-3-11-17-15(7-1)9-5-13-20(17)19-21-14-6-10-16-8-2-4-12-18(16)21/h1-12H,13-14H2/q+2. The maximum atomic E-state index is 6.54. The summed E-state index contributed by atoms with van der Waals surface area (Å²) in [6.07, 6.45) is 8.89. The van der Waals surface area contributed by atoms with Crippen molar-refractivity contribution < 1.29 is 3.63 Å². The van der Waals surface area contributed by atoms with Crippen LogP contribution in [-0.2, 0) is 26.0 Å². The van der Waals surface area contributed by atoms with Crippen molar-refractivity contribution in [3.8, 4) is 0 Å². The van der Waals surface area contributed by atoms with Crippen LogP contribution in [0.3, 0.4) is 0 Å². The Morgan fingerprint density at radius 3 is 1.67 bits per heavy atom. The molecule has 0 spiro atoms. The summed E-state index contributed by atoms with van der Waals surface area (Å²) < 4.78 is 6.54. The van der Waals surface area contributed by atoms with Gasteiger partial charge in [-0.1, -0.05) is 24.3 Å². The van der Waals surface area contributed by atoms with Crippen LogP contribution in [-0.4, -0.2) is 11.5 Å². The first-order chi connectivity index (χ1) is 10.4. The lowest BCUT2D eigenvalue weighted by atomic mass is 10.2. The fourth-order valence-electron chi connectivity index (χ4n) is 2.58. The van der Waals surface area contributed by atoms with Gasteiger partial charge in [0.1, 0.15) is 0 Å². The summed E-state index contributed by atoms with van der Waals surface area (Å²) in [6.45, 7) is 0.